The minimum absolute atomic E-state index is 0.0719. The van der Waals surface area contributed by atoms with E-state index in [1.807, 2.05) is 0 Å². The molecule has 2 aliphatic heterocycles. The van der Waals surface area contributed by atoms with Crippen LogP contribution in [0.4, 0.5) is 34.1 Å². The molecule has 0 atom stereocenters. The molecule has 0 unspecified atom stereocenters. The van der Waals surface area contributed by atoms with Crippen LogP contribution in [-0.4, -0.2) is 20.1 Å². The summed E-state index contributed by atoms with van der Waals surface area (Å²) in [6, 6.07) is 139. The number of aromatic nitrogens is 3. The standard InChI is InChI=1S/C110H78BN5/c1-109(2,3)75-50-57-96-90(64-75)91-65-76(110(4,5)6)51-58-97(91)112(96)77-52-54-93-101(66-77)116(106-80(69-31-15-9-16-32-69)39-24-40-81(106)70-33-17-10-18-34-70)103-63-74(72-49-56-99-89(60-72)87-44-26-42-85-83-36-20-22-46-95(83)114(99)108(85)87)62-102-104(103)111(93)92-53-47-73(71-48-55-98-88(59-71)86-43-25-41-84-82-35-19-21-45-94(82)113(98)107(84)86)61-100(92)115(102)105-78(67-27-11-7-12-28-67)37-23-38-79(105)68-29-13-8-14-30-68/h7-66H,1-6H3. The maximum atomic E-state index is 2.72. The summed E-state index contributed by atoms with van der Waals surface area (Å²) in [7, 11) is 0. The van der Waals surface area contributed by atoms with Gasteiger partial charge in [0.1, 0.15) is 0 Å². The van der Waals surface area contributed by atoms with Crippen molar-refractivity contribution in [2.45, 2.75) is 52.4 Å². The monoisotopic (exact) mass is 1480 g/mol. The second kappa shape index (κ2) is 24.7. The Bertz CT molecular complexity index is 7660. The number of nitrogens with zero attached hydrogens (tertiary/aromatic N) is 5. The fraction of sp³-hybridized carbons (Fsp3) is 0.0727. The van der Waals surface area contributed by atoms with E-state index in [0.29, 0.717) is 0 Å². The molecule has 0 radical (unpaired) electrons. The lowest BCUT2D eigenvalue weighted by atomic mass is 9.33. The summed E-state index contributed by atoms with van der Waals surface area (Å²) in [5.74, 6) is 0. The number of hydrogen-bond acceptors (Lipinski definition) is 2. The third kappa shape index (κ3) is 9.65. The van der Waals surface area contributed by atoms with E-state index in [0.717, 1.165) is 107 Å². The van der Waals surface area contributed by atoms with Crippen molar-refractivity contribution in [3.63, 3.8) is 0 Å². The van der Waals surface area contributed by atoms with Crippen molar-refractivity contribution in [3.05, 3.63) is 375 Å². The van der Waals surface area contributed by atoms with E-state index in [1.54, 1.807) is 0 Å². The second-order valence-corrected chi connectivity index (χ2v) is 34.3. The summed E-state index contributed by atoms with van der Waals surface area (Å²) in [5.41, 5.74) is 37.3. The molecule has 24 rings (SSSR count). The Labute approximate surface area is 673 Å². The van der Waals surface area contributed by atoms with Crippen LogP contribution in [0.1, 0.15) is 52.7 Å². The molecule has 22 aromatic rings. The number of anilines is 6. The van der Waals surface area contributed by atoms with Crippen molar-refractivity contribution in [1.29, 1.82) is 0 Å². The number of fused-ring (bicyclic) bond motifs is 19. The lowest BCUT2D eigenvalue weighted by Crippen LogP contribution is -2.61. The van der Waals surface area contributed by atoms with Gasteiger partial charge in [-0.25, -0.2) is 0 Å². The van der Waals surface area contributed by atoms with Crippen molar-refractivity contribution < 1.29 is 0 Å². The molecule has 2 aliphatic rings. The zero-order valence-corrected chi connectivity index (χ0v) is 65.5. The van der Waals surface area contributed by atoms with Crippen LogP contribution >= 0.6 is 0 Å². The molecule has 5 nitrogen and oxygen atoms in total. The van der Waals surface area contributed by atoms with Crippen LogP contribution in [0.3, 0.4) is 0 Å². The molecule has 5 aromatic heterocycles. The van der Waals surface area contributed by atoms with Crippen molar-refractivity contribution in [3.8, 4) is 72.4 Å². The largest absolute Gasteiger partial charge is 0.310 e. The van der Waals surface area contributed by atoms with E-state index in [9.17, 15) is 0 Å². The summed E-state index contributed by atoms with van der Waals surface area (Å²) in [5, 5.41) is 12.6. The second-order valence-electron chi connectivity index (χ2n) is 34.3. The molecule has 0 amide bonds. The zero-order valence-electron chi connectivity index (χ0n) is 65.5. The van der Waals surface area contributed by atoms with Crippen LogP contribution < -0.4 is 26.2 Å². The van der Waals surface area contributed by atoms with Gasteiger partial charge in [-0.3, -0.25) is 0 Å². The first kappa shape index (κ1) is 66.4. The Kier molecular flexibility index (Phi) is 14.1. The Morgan fingerprint density at radius 3 is 0.991 bits per heavy atom. The van der Waals surface area contributed by atoms with Gasteiger partial charge in [0.15, 0.2) is 0 Å². The van der Waals surface area contributed by atoms with E-state index in [4.69, 9.17) is 0 Å². The summed E-state index contributed by atoms with van der Waals surface area (Å²) in [6.07, 6.45) is 0. The number of rotatable bonds is 9. The van der Waals surface area contributed by atoms with Crippen LogP contribution in [0.5, 0.6) is 0 Å². The molecule has 0 N–H and O–H groups in total. The number of hydrogen-bond donors (Lipinski definition) is 0. The minimum Gasteiger partial charge on any atom is -0.310 e. The van der Waals surface area contributed by atoms with Gasteiger partial charge in [-0.1, -0.05) is 315 Å². The molecular weight excluding hydrogens is 1400 g/mol. The van der Waals surface area contributed by atoms with Gasteiger partial charge in [-0.2, -0.15) is 0 Å². The summed E-state index contributed by atoms with van der Waals surface area (Å²) < 4.78 is 7.57. The fourth-order valence-electron chi connectivity index (χ4n) is 20.4. The van der Waals surface area contributed by atoms with Gasteiger partial charge >= 0.3 is 0 Å². The highest BCUT2D eigenvalue weighted by Gasteiger charge is 2.46. The molecule has 0 bridgehead atoms. The van der Waals surface area contributed by atoms with Crippen LogP contribution in [0.2, 0.25) is 0 Å². The van der Waals surface area contributed by atoms with Gasteiger partial charge in [-0.15, -0.1) is 0 Å². The molecule has 6 heteroatoms. The Balaban J connectivity index is 0.854. The lowest BCUT2D eigenvalue weighted by molar-refractivity contribution is 0.590. The predicted molar refractivity (Wildman–Crippen MR) is 494 cm³/mol. The average molecular weight is 1480 g/mol. The van der Waals surface area contributed by atoms with Gasteiger partial charge < -0.3 is 23.2 Å². The fourth-order valence-corrected chi connectivity index (χ4v) is 20.4. The summed E-state index contributed by atoms with van der Waals surface area (Å²) in [6.45, 7) is 13.7. The maximum absolute atomic E-state index is 2.72. The Morgan fingerprint density at radius 2 is 0.552 bits per heavy atom. The molecule has 0 spiro atoms. The summed E-state index contributed by atoms with van der Waals surface area (Å²) >= 11 is 0. The van der Waals surface area contributed by atoms with Gasteiger partial charge in [0.05, 0.1) is 55.5 Å². The molecule has 0 fully saturated rings. The van der Waals surface area contributed by atoms with Crippen molar-refractivity contribution in [1.82, 2.24) is 13.4 Å². The lowest BCUT2D eigenvalue weighted by Gasteiger charge is -2.46. The predicted octanol–water partition coefficient (Wildman–Crippen LogP) is 27.8. The molecule has 0 aliphatic carbocycles. The molecule has 17 aromatic carbocycles. The van der Waals surface area contributed by atoms with E-state index in [1.165, 1.54) is 126 Å². The molecule has 0 saturated heterocycles. The van der Waals surface area contributed by atoms with Gasteiger partial charge in [0.2, 0.25) is 0 Å². The quantitative estimate of drug-likeness (QED) is 0.134. The van der Waals surface area contributed by atoms with E-state index >= 15 is 0 Å². The minimum atomic E-state index is -0.279. The van der Waals surface area contributed by atoms with Crippen LogP contribution in [0.25, 0.3) is 170 Å². The third-order valence-corrected chi connectivity index (χ3v) is 25.8. The third-order valence-electron chi connectivity index (χ3n) is 25.8. The number of para-hydroxylation sites is 6. The highest BCUT2D eigenvalue weighted by Crippen LogP contribution is 2.56. The van der Waals surface area contributed by atoms with E-state index in [2.05, 4.69) is 429 Å². The molecule has 116 heavy (non-hydrogen) atoms. The molecular formula is C110H78BN5. The SMILES string of the molecule is CC(C)(C)c1ccc2c(c1)c1cc(C(C)(C)C)ccc1n2-c1ccc2c(c1)N(c1c(-c3ccccc3)cccc1-c1ccccc1)c1cc(-c3ccc4c(c3)c3cccc5c6ccccc6n4c53)cc3c1B2c1ccc(-c2ccc4c(c2)c2cccc5c6ccccc6n4c52)cc1N3c1c(-c2ccccc2)cccc1-c1ccccc1. The number of benzene rings is 17. The summed E-state index contributed by atoms with van der Waals surface area (Å²) in [4.78, 5) is 5.44. The van der Waals surface area contributed by atoms with Gasteiger partial charge in [0.25, 0.3) is 6.71 Å². The van der Waals surface area contributed by atoms with Crippen LogP contribution in [-0.2, 0) is 10.8 Å². The highest BCUT2D eigenvalue weighted by molar-refractivity contribution is 7.00. The first-order valence-corrected chi connectivity index (χ1v) is 40.8. The normalized spacial score (nSPS) is 13.0. The van der Waals surface area contributed by atoms with Crippen molar-refractivity contribution in [2.24, 2.45) is 0 Å². The Morgan fingerprint density at radius 1 is 0.224 bits per heavy atom. The highest BCUT2D eigenvalue weighted by atomic mass is 15.2. The molecule has 0 saturated carbocycles. The van der Waals surface area contributed by atoms with Crippen molar-refractivity contribution >= 4 is 155 Å². The average Bonchev–Trinajstić information content (AvgIpc) is 0.990. The topological polar surface area (TPSA) is 20.2 Å². The molecule has 7 heterocycles. The smallest absolute Gasteiger partial charge is 0.252 e. The zero-order chi connectivity index (χ0) is 77.1. The first-order valence-electron chi connectivity index (χ1n) is 40.8. The van der Waals surface area contributed by atoms with E-state index < -0.39 is 0 Å². The molecule has 546 valence electrons. The first-order chi connectivity index (χ1) is 56.8. The Hall–Kier alpha value is -14.2. The van der Waals surface area contributed by atoms with E-state index in [-0.39, 0.29) is 17.5 Å². The van der Waals surface area contributed by atoms with Crippen molar-refractivity contribution in [2.75, 3.05) is 9.80 Å². The maximum Gasteiger partial charge on any atom is 0.252 e. The van der Waals surface area contributed by atoms with Crippen LogP contribution in [0, 0.1) is 0 Å². The van der Waals surface area contributed by atoms with Crippen LogP contribution in [0.15, 0.2) is 364 Å². The van der Waals surface area contributed by atoms with Gasteiger partial charge in [0, 0.05) is 105 Å². The van der Waals surface area contributed by atoms with Gasteiger partial charge in [-0.05, 0) is 174 Å².